The van der Waals surface area contributed by atoms with Crippen LogP contribution in [0.5, 0.6) is 0 Å². The van der Waals surface area contributed by atoms with E-state index in [1.54, 1.807) is 31.1 Å². The van der Waals surface area contributed by atoms with Crippen molar-refractivity contribution >= 4 is 36.6 Å². The van der Waals surface area contributed by atoms with E-state index in [9.17, 15) is 22.5 Å². The predicted molar refractivity (Wildman–Crippen MR) is 151 cm³/mol. The van der Waals surface area contributed by atoms with Gasteiger partial charge in [0.25, 0.3) is 5.91 Å². The maximum Gasteiger partial charge on any atom is 0.421 e. The molecule has 0 fully saturated rings. The lowest BCUT2D eigenvalue weighted by molar-refractivity contribution is -0.137. The number of nitrogens with one attached hydrogen (secondary N) is 2. The van der Waals surface area contributed by atoms with Gasteiger partial charge in [-0.3, -0.25) is 14.0 Å². The van der Waals surface area contributed by atoms with Crippen LogP contribution in [0.2, 0.25) is 0 Å². The van der Waals surface area contributed by atoms with E-state index < -0.39 is 31.3 Å². The van der Waals surface area contributed by atoms with E-state index in [1.807, 2.05) is 6.20 Å². The number of amides is 1. The summed E-state index contributed by atoms with van der Waals surface area (Å²) in [5.74, 6) is -1.09. The zero-order valence-corrected chi connectivity index (χ0v) is 23.9. The van der Waals surface area contributed by atoms with Gasteiger partial charge in [-0.2, -0.15) is 23.3 Å². The molecule has 16 heteroatoms. The van der Waals surface area contributed by atoms with Crippen LogP contribution in [-0.2, 0) is 34.7 Å². The maximum absolute atomic E-state index is 14.0. The largest absolute Gasteiger partial charge is 0.421 e. The fourth-order valence-corrected chi connectivity index (χ4v) is 5.36. The van der Waals surface area contributed by atoms with Crippen LogP contribution in [0.15, 0.2) is 55.0 Å². The van der Waals surface area contributed by atoms with Crippen molar-refractivity contribution in [2.45, 2.75) is 25.4 Å². The van der Waals surface area contributed by atoms with Crippen LogP contribution in [-0.4, -0.2) is 61.1 Å². The van der Waals surface area contributed by atoms with Gasteiger partial charge in [0.1, 0.15) is 11.4 Å². The SMILES string of the molecule is COCCn1cc(-c2ccc(Nc3nc(Nc4ccc(CP(=O)(O)O)cc4)ncc3C(F)(F)F)c3c2CN(C)C3=O)cn1. The summed E-state index contributed by atoms with van der Waals surface area (Å²) >= 11 is 0. The van der Waals surface area contributed by atoms with E-state index in [0.717, 1.165) is 11.1 Å². The van der Waals surface area contributed by atoms with Crippen LogP contribution in [0.3, 0.4) is 0 Å². The minimum atomic E-state index is -4.80. The maximum atomic E-state index is 14.0. The summed E-state index contributed by atoms with van der Waals surface area (Å²) in [6.07, 6.45) is -1.15. The average molecular weight is 618 g/mol. The first-order chi connectivity index (χ1) is 20.3. The topological polar surface area (TPSA) is 155 Å². The number of hydrogen-bond donors (Lipinski definition) is 4. The summed E-state index contributed by atoms with van der Waals surface area (Å²) in [5, 5.41) is 9.84. The number of methoxy groups -OCH3 is 1. The van der Waals surface area contributed by atoms with Gasteiger partial charge >= 0.3 is 13.8 Å². The van der Waals surface area contributed by atoms with Crippen molar-refractivity contribution in [3.05, 3.63) is 77.2 Å². The summed E-state index contributed by atoms with van der Waals surface area (Å²) in [5.41, 5.74) is 2.12. The molecule has 4 N–H and O–H groups in total. The highest BCUT2D eigenvalue weighted by Crippen LogP contribution is 2.41. The third kappa shape index (κ3) is 6.86. The molecule has 0 bridgehead atoms. The average Bonchev–Trinajstić information content (AvgIpc) is 3.52. The van der Waals surface area contributed by atoms with Crippen molar-refractivity contribution in [2.24, 2.45) is 0 Å². The molecule has 1 aliphatic heterocycles. The van der Waals surface area contributed by atoms with Gasteiger partial charge in [-0.15, -0.1) is 0 Å². The van der Waals surface area contributed by atoms with Crippen LogP contribution < -0.4 is 10.6 Å². The molecule has 1 aliphatic rings. The van der Waals surface area contributed by atoms with Crippen LogP contribution >= 0.6 is 7.60 Å². The van der Waals surface area contributed by atoms with Gasteiger partial charge in [-0.05, 0) is 34.9 Å². The third-order valence-corrected chi connectivity index (χ3v) is 7.46. The quantitative estimate of drug-likeness (QED) is 0.183. The fourth-order valence-electron chi connectivity index (χ4n) is 4.67. The minimum Gasteiger partial charge on any atom is -0.383 e. The first-order valence-electron chi connectivity index (χ1n) is 12.9. The van der Waals surface area contributed by atoms with Crippen molar-refractivity contribution in [2.75, 3.05) is 31.4 Å². The molecule has 0 spiro atoms. The van der Waals surface area contributed by atoms with Crippen molar-refractivity contribution in [3.63, 3.8) is 0 Å². The Kier molecular flexibility index (Phi) is 8.25. The van der Waals surface area contributed by atoms with Gasteiger partial charge < -0.3 is 30.1 Å². The molecular weight excluding hydrogens is 590 g/mol. The van der Waals surface area contributed by atoms with Crippen LogP contribution in [0.1, 0.15) is 27.0 Å². The van der Waals surface area contributed by atoms with Crippen molar-refractivity contribution in [1.82, 2.24) is 24.6 Å². The van der Waals surface area contributed by atoms with Gasteiger partial charge in [0, 0.05) is 44.3 Å². The number of ether oxygens (including phenoxy) is 1. The van der Waals surface area contributed by atoms with Crippen LogP contribution in [0.25, 0.3) is 11.1 Å². The zero-order valence-electron chi connectivity index (χ0n) is 23.0. The first kappa shape index (κ1) is 30.2. The molecule has 0 atom stereocenters. The van der Waals surface area contributed by atoms with Crippen LogP contribution in [0.4, 0.5) is 36.3 Å². The molecule has 2 aromatic carbocycles. The number of nitrogens with zero attached hydrogens (tertiary/aromatic N) is 5. The number of halogens is 3. The molecule has 0 saturated heterocycles. The Labute approximate surface area is 243 Å². The lowest BCUT2D eigenvalue weighted by atomic mass is 9.97. The molecule has 0 unspecified atom stereocenters. The van der Waals surface area contributed by atoms with E-state index >= 15 is 0 Å². The van der Waals surface area contributed by atoms with Gasteiger partial charge in [0.05, 0.1) is 36.8 Å². The number of carbonyl (C=O) groups excluding carboxylic acids is 1. The second-order valence-corrected chi connectivity index (χ2v) is 11.5. The van der Waals surface area contributed by atoms with E-state index in [-0.39, 0.29) is 29.7 Å². The molecule has 2 aromatic heterocycles. The minimum absolute atomic E-state index is 0.150. The highest BCUT2D eigenvalue weighted by molar-refractivity contribution is 7.50. The Bertz CT molecular complexity index is 1710. The monoisotopic (exact) mass is 617 g/mol. The molecule has 0 saturated carbocycles. The second-order valence-electron chi connectivity index (χ2n) is 9.88. The predicted octanol–water partition coefficient (Wildman–Crippen LogP) is 4.76. The number of hydrogen-bond acceptors (Lipinski definition) is 8. The molecular formula is C27H27F3N7O5P. The van der Waals surface area contributed by atoms with E-state index in [1.165, 1.54) is 35.2 Å². The van der Waals surface area contributed by atoms with Gasteiger partial charge in [-0.1, -0.05) is 18.2 Å². The van der Waals surface area contributed by atoms with Gasteiger partial charge in [-0.25, -0.2) is 4.98 Å². The van der Waals surface area contributed by atoms with Crippen LogP contribution in [0, 0.1) is 0 Å². The first-order valence-corrected chi connectivity index (χ1v) is 14.7. The molecule has 43 heavy (non-hydrogen) atoms. The molecule has 1 amide bonds. The number of anilines is 4. The molecule has 4 aromatic rings. The van der Waals surface area contributed by atoms with Crippen molar-refractivity contribution in [3.8, 4) is 11.1 Å². The van der Waals surface area contributed by atoms with E-state index in [2.05, 4.69) is 25.7 Å². The van der Waals surface area contributed by atoms with Crippen molar-refractivity contribution < 1.29 is 37.1 Å². The van der Waals surface area contributed by atoms with E-state index in [4.69, 9.17) is 14.5 Å². The third-order valence-electron chi connectivity index (χ3n) is 6.68. The molecule has 5 rings (SSSR count). The second kappa shape index (κ2) is 11.8. The summed E-state index contributed by atoms with van der Waals surface area (Å²) in [7, 11) is -1.07. The number of fused-ring (bicyclic) bond motifs is 1. The smallest absolute Gasteiger partial charge is 0.383 e. The zero-order chi connectivity index (χ0) is 30.9. The molecule has 0 aliphatic carbocycles. The number of alkyl halides is 3. The normalized spacial score (nSPS) is 13.4. The van der Waals surface area contributed by atoms with E-state index in [0.29, 0.717) is 36.2 Å². The lowest BCUT2D eigenvalue weighted by Crippen LogP contribution is -2.18. The van der Waals surface area contributed by atoms with Crippen molar-refractivity contribution in [1.29, 1.82) is 0 Å². The molecule has 0 radical (unpaired) electrons. The molecule has 226 valence electrons. The number of benzene rings is 2. The number of aromatic nitrogens is 4. The summed E-state index contributed by atoms with van der Waals surface area (Å²) < 4.78 is 60.0. The Hall–Kier alpha value is -4.30. The summed E-state index contributed by atoms with van der Waals surface area (Å²) in [4.78, 5) is 40.8. The molecule has 3 heterocycles. The number of carbonyl (C=O) groups is 1. The Morgan fingerprint density at radius 3 is 2.51 bits per heavy atom. The van der Waals surface area contributed by atoms with Gasteiger partial charge in [0.2, 0.25) is 5.95 Å². The lowest BCUT2D eigenvalue weighted by Gasteiger charge is -2.17. The Morgan fingerprint density at radius 2 is 1.84 bits per heavy atom. The highest BCUT2D eigenvalue weighted by atomic mass is 31.2. The summed E-state index contributed by atoms with van der Waals surface area (Å²) in [6.45, 7) is 1.24. The highest BCUT2D eigenvalue weighted by Gasteiger charge is 2.37. The standard InChI is InChI=1S/C27H27F3N7O5P/c1-36-14-20-19(17-11-32-37(13-17)9-10-42-2)7-8-22(23(20)25(36)38)34-24-21(27(28,29)30)12-31-26(35-24)33-18-5-3-16(4-6-18)15-43(39,40)41/h3-8,11-13H,9-10,14-15H2,1-2H3,(H2,39,40,41)(H2,31,33,34,35). The Balaban J connectivity index is 1.48. The van der Waals surface area contributed by atoms with Gasteiger partial charge in [0.15, 0.2) is 0 Å². The number of rotatable bonds is 10. The summed E-state index contributed by atoms with van der Waals surface area (Å²) in [6, 6.07) is 9.19. The Morgan fingerprint density at radius 1 is 1.09 bits per heavy atom. The molecule has 12 nitrogen and oxygen atoms in total. The fraction of sp³-hybridized carbons (Fsp3) is 0.259.